The largest absolute Gasteiger partial charge is 0.311 e. The molecule has 7 heteroatoms. The lowest BCUT2D eigenvalue weighted by molar-refractivity contribution is -0.116. The normalized spacial score (nSPS) is 11.2. The van der Waals surface area contributed by atoms with Gasteiger partial charge in [-0.15, -0.1) is 0 Å². The summed E-state index contributed by atoms with van der Waals surface area (Å²) in [7, 11) is -3.60. The second kappa shape index (κ2) is 7.34. The van der Waals surface area contributed by atoms with Crippen molar-refractivity contribution in [3.05, 3.63) is 53.7 Å². The van der Waals surface area contributed by atoms with Crippen molar-refractivity contribution >= 4 is 21.7 Å². The van der Waals surface area contributed by atoms with Crippen molar-refractivity contribution in [2.24, 2.45) is 0 Å². The number of rotatable bonds is 6. The summed E-state index contributed by atoms with van der Waals surface area (Å²) in [6.07, 6.45) is 0.0285. The fourth-order valence-corrected chi connectivity index (χ4v) is 2.95. The maximum atomic E-state index is 12.1. The molecule has 122 valence electrons. The van der Waals surface area contributed by atoms with Gasteiger partial charge >= 0.3 is 0 Å². The number of aryl methyl sites for hydroxylation is 2. The van der Waals surface area contributed by atoms with Crippen LogP contribution in [0.1, 0.15) is 17.7 Å². The van der Waals surface area contributed by atoms with Crippen molar-refractivity contribution in [3.63, 3.8) is 0 Å². The third-order valence-electron chi connectivity index (χ3n) is 3.13. The number of pyridine rings is 1. The summed E-state index contributed by atoms with van der Waals surface area (Å²) in [6.45, 7) is 3.73. The van der Waals surface area contributed by atoms with Crippen LogP contribution in [0.25, 0.3) is 0 Å². The standard InChI is InChI=1S/C16H19N3O3S/c1-12-6-8-14(9-7-12)23(21,22)17-11-10-16(20)19-15-5-3-4-13(2)18-15/h3-9,17H,10-11H2,1-2H3,(H,18,19,20). The van der Waals surface area contributed by atoms with Crippen LogP contribution in [0.3, 0.4) is 0 Å². The monoisotopic (exact) mass is 333 g/mol. The number of benzene rings is 1. The summed E-state index contributed by atoms with van der Waals surface area (Å²) in [4.78, 5) is 16.1. The van der Waals surface area contributed by atoms with Crippen LogP contribution >= 0.6 is 0 Å². The molecule has 0 fully saturated rings. The van der Waals surface area contributed by atoms with E-state index in [2.05, 4.69) is 15.0 Å². The molecule has 0 aliphatic carbocycles. The van der Waals surface area contributed by atoms with E-state index < -0.39 is 10.0 Å². The smallest absolute Gasteiger partial charge is 0.240 e. The molecule has 0 saturated carbocycles. The minimum Gasteiger partial charge on any atom is -0.311 e. The number of aromatic nitrogens is 1. The summed E-state index contributed by atoms with van der Waals surface area (Å²) in [5.41, 5.74) is 1.77. The molecule has 0 radical (unpaired) electrons. The lowest BCUT2D eigenvalue weighted by atomic mass is 10.2. The molecule has 23 heavy (non-hydrogen) atoms. The van der Waals surface area contributed by atoms with Crippen LogP contribution in [-0.2, 0) is 14.8 Å². The van der Waals surface area contributed by atoms with Gasteiger partial charge in [0.2, 0.25) is 15.9 Å². The zero-order chi connectivity index (χ0) is 16.9. The molecule has 1 heterocycles. The van der Waals surface area contributed by atoms with Gasteiger partial charge in [0.1, 0.15) is 5.82 Å². The maximum Gasteiger partial charge on any atom is 0.240 e. The molecule has 0 bridgehead atoms. The summed E-state index contributed by atoms with van der Waals surface area (Å²) < 4.78 is 26.6. The van der Waals surface area contributed by atoms with E-state index in [1.54, 1.807) is 24.3 Å². The number of carbonyl (C=O) groups excluding carboxylic acids is 1. The van der Waals surface area contributed by atoms with E-state index in [-0.39, 0.29) is 23.8 Å². The average molecular weight is 333 g/mol. The van der Waals surface area contributed by atoms with E-state index in [0.717, 1.165) is 11.3 Å². The molecule has 0 unspecified atom stereocenters. The van der Waals surface area contributed by atoms with Crippen molar-refractivity contribution in [2.45, 2.75) is 25.2 Å². The third-order valence-corrected chi connectivity index (χ3v) is 4.61. The second-order valence-corrected chi connectivity index (χ2v) is 6.94. The zero-order valence-corrected chi connectivity index (χ0v) is 13.9. The number of amides is 1. The predicted molar refractivity (Wildman–Crippen MR) is 88.6 cm³/mol. The van der Waals surface area contributed by atoms with Crippen molar-refractivity contribution in [3.8, 4) is 0 Å². The van der Waals surface area contributed by atoms with Gasteiger partial charge in [0.25, 0.3) is 0 Å². The fourth-order valence-electron chi connectivity index (χ4n) is 1.92. The number of sulfonamides is 1. The topological polar surface area (TPSA) is 88.2 Å². The Hall–Kier alpha value is -2.25. The highest BCUT2D eigenvalue weighted by atomic mass is 32.2. The summed E-state index contributed by atoms with van der Waals surface area (Å²) in [5, 5.41) is 2.63. The molecule has 0 atom stereocenters. The third kappa shape index (κ3) is 5.15. The first-order chi connectivity index (χ1) is 10.9. The SMILES string of the molecule is Cc1ccc(S(=O)(=O)NCCC(=O)Nc2cccc(C)n2)cc1. The molecule has 0 spiro atoms. The van der Waals surface area contributed by atoms with Crippen LogP contribution in [0.2, 0.25) is 0 Å². The zero-order valence-electron chi connectivity index (χ0n) is 13.0. The minimum atomic E-state index is -3.60. The molecule has 1 aromatic carbocycles. The summed E-state index contributed by atoms with van der Waals surface area (Å²) in [6, 6.07) is 11.8. The van der Waals surface area contributed by atoms with E-state index in [1.165, 1.54) is 12.1 Å². The van der Waals surface area contributed by atoms with Crippen LogP contribution in [0.15, 0.2) is 47.4 Å². The van der Waals surface area contributed by atoms with Crippen LogP contribution in [-0.4, -0.2) is 25.9 Å². The van der Waals surface area contributed by atoms with Crippen LogP contribution in [0.4, 0.5) is 5.82 Å². The number of nitrogens with zero attached hydrogens (tertiary/aromatic N) is 1. The highest BCUT2D eigenvalue weighted by Gasteiger charge is 2.13. The Bertz CT molecular complexity index is 786. The molecule has 2 N–H and O–H groups in total. The molecule has 0 aliphatic heterocycles. The molecule has 6 nitrogen and oxygen atoms in total. The van der Waals surface area contributed by atoms with Crippen LogP contribution in [0.5, 0.6) is 0 Å². The van der Waals surface area contributed by atoms with Gasteiger partial charge in [0.15, 0.2) is 0 Å². The van der Waals surface area contributed by atoms with Gasteiger partial charge < -0.3 is 5.32 Å². The summed E-state index contributed by atoms with van der Waals surface area (Å²) in [5.74, 6) is 0.158. The van der Waals surface area contributed by atoms with Crippen molar-refractivity contribution < 1.29 is 13.2 Å². The molecule has 1 amide bonds. The lowest BCUT2D eigenvalue weighted by Crippen LogP contribution is -2.28. The highest BCUT2D eigenvalue weighted by molar-refractivity contribution is 7.89. The molecule has 2 rings (SSSR count). The Morgan fingerprint density at radius 3 is 2.43 bits per heavy atom. The van der Waals surface area contributed by atoms with E-state index in [0.29, 0.717) is 5.82 Å². The number of carbonyl (C=O) groups is 1. The van der Waals surface area contributed by atoms with Crippen molar-refractivity contribution in [1.29, 1.82) is 0 Å². The predicted octanol–water partition coefficient (Wildman–Crippen LogP) is 2.01. The van der Waals surface area contributed by atoms with Gasteiger partial charge in [-0.3, -0.25) is 4.79 Å². The quantitative estimate of drug-likeness (QED) is 0.846. The van der Waals surface area contributed by atoms with E-state index in [9.17, 15) is 13.2 Å². The first-order valence-electron chi connectivity index (χ1n) is 7.17. The van der Waals surface area contributed by atoms with Gasteiger partial charge in [-0.2, -0.15) is 0 Å². The Morgan fingerprint density at radius 2 is 1.78 bits per heavy atom. The first-order valence-corrected chi connectivity index (χ1v) is 8.65. The number of nitrogens with one attached hydrogen (secondary N) is 2. The molecular weight excluding hydrogens is 314 g/mol. The maximum absolute atomic E-state index is 12.1. The highest BCUT2D eigenvalue weighted by Crippen LogP contribution is 2.10. The van der Waals surface area contributed by atoms with Crippen molar-refractivity contribution in [2.75, 3.05) is 11.9 Å². The Morgan fingerprint density at radius 1 is 1.09 bits per heavy atom. The number of anilines is 1. The first kappa shape index (κ1) is 17.1. The second-order valence-electron chi connectivity index (χ2n) is 5.17. The molecule has 1 aromatic heterocycles. The van der Waals surface area contributed by atoms with Gasteiger partial charge in [0, 0.05) is 18.7 Å². The summed E-state index contributed by atoms with van der Waals surface area (Å²) >= 11 is 0. The van der Waals surface area contributed by atoms with E-state index >= 15 is 0 Å². The van der Waals surface area contributed by atoms with E-state index in [4.69, 9.17) is 0 Å². The van der Waals surface area contributed by atoms with Gasteiger partial charge in [0.05, 0.1) is 4.90 Å². The number of hydrogen-bond donors (Lipinski definition) is 2. The number of hydrogen-bond acceptors (Lipinski definition) is 4. The Labute approximate surface area is 136 Å². The van der Waals surface area contributed by atoms with Gasteiger partial charge in [-0.05, 0) is 38.1 Å². The van der Waals surface area contributed by atoms with Crippen LogP contribution < -0.4 is 10.0 Å². The molecule has 0 aliphatic rings. The van der Waals surface area contributed by atoms with Gasteiger partial charge in [-0.1, -0.05) is 23.8 Å². The van der Waals surface area contributed by atoms with Gasteiger partial charge in [-0.25, -0.2) is 18.1 Å². The van der Waals surface area contributed by atoms with Crippen LogP contribution in [0, 0.1) is 13.8 Å². The molecule has 2 aromatic rings. The van der Waals surface area contributed by atoms with E-state index in [1.807, 2.05) is 19.9 Å². The molecular formula is C16H19N3O3S. The average Bonchev–Trinajstić information content (AvgIpc) is 2.47. The Kier molecular flexibility index (Phi) is 5.46. The van der Waals surface area contributed by atoms with Crippen molar-refractivity contribution in [1.82, 2.24) is 9.71 Å². The molecule has 0 saturated heterocycles. The minimum absolute atomic E-state index is 0.0217. The fraction of sp³-hybridized carbons (Fsp3) is 0.250. The Balaban J connectivity index is 1.86. The lowest BCUT2D eigenvalue weighted by Gasteiger charge is -2.08.